The molecule has 1 atom stereocenters. The molecule has 0 radical (unpaired) electrons. The summed E-state index contributed by atoms with van der Waals surface area (Å²) < 4.78 is 2.01. The van der Waals surface area contributed by atoms with E-state index in [2.05, 4.69) is 76.2 Å². The number of aromatic nitrogens is 3. The largest absolute Gasteiger partial charge is 0.213 e. The van der Waals surface area contributed by atoms with Gasteiger partial charge >= 0.3 is 0 Å². The number of benzene rings is 2. The topological polar surface area (TPSA) is 30.7 Å². The quantitative estimate of drug-likeness (QED) is 0.487. The molecule has 0 bridgehead atoms. The van der Waals surface area contributed by atoms with Crippen molar-refractivity contribution in [3.8, 4) is 17.1 Å². The summed E-state index contributed by atoms with van der Waals surface area (Å²) in [6.45, 7) is 11.0. The molecule has 0 saturated heterocycles. The Kier molecular flexibility index (Phi) is 5.79. The summed E-state index contributed by atoms with van der Waals surface area (Å²) in [4.78, 5) is 4.84. The lowest BCUT2D eigenvalue weighted by molar-refractivity contribution is 0.404. The Morgan fingerprint density at radius 2 is 1.67 bits per heavy atom. The summed E-state index contributed by atoms with van der Waals surface area (Å²) in [6.07, 6.45) is 4.76. The van der Waals surface area contributed by atoms with Crippen molar-refractivity contribution in [3.63, 3.8) is 0 Å². The van der Waals surface area contributed by atoms with Gasteiger partial charge in [0.15, 0.2) is 5.82 Å². The smallest absolute Gasteiger partial charge is 0.163 e. The molecule has 0 spiro atoms. The minimum atomic E-state index is 0.142. The lowest BCUT2D eigenvalue weighted by Crippen LogP contribution is -2.22. The average Bonchev–Trinajstić information content (AvgIpc) is 3.08. The SMILES string of the molecule is CCCCC(C)(CC)c1ccccc1-c1nc(C)nn1-c1ccccc1C. The molecular weight excluding hydrogens is 330 g/mol. The summed E-state index contributed by atoms with van der Waals surface area (Å²) in [7, 11) is 0. The molecule has 0 fully saturated rings. The Morgan fingerprint density at radius 1 is 0.963 bits per heavy atom. The van der Waals surface area contributed by atoms with Crippen molar-refractivity contribution in [2.45, 2.75) is 65.7 Å². The van der Waals surface area contributed by atoms with Crippen LogP contribution in [0.1, 0.15) is 63.4 Å². The van der Waals surface area contributed by atoms with Gasteiger partial charge in [0.2, 0.25) is 0 Å². The van der Waals surface area contributed by atoms with Crippen LogP contribution in [0, 0.1) is 13.8 Å². The fourth-order valence-corrected chi connectivity index (χ4v) is 3.83. The summed E-state index contributed by atoms with van der Waals surface area (Å²) in [5, 5.41) is 4.73. The highest BCUT2D eigenvalue weighted by atomic mass is 15.3. The molecule has 0 saturated carbocycles. The number of rotatable bonds is 7. The molecule has 142 valence electrons. The average molecular weight is 362 g/mol. The van der Waals surface area contributed by atoms with Gasteiger partial charge in [-0.15, -0.1) is 0 Å². The van der Waals surface area contributed by atoms with E-state index in [4.69, 9.17) is 10.1 Å². The maximum absolute atomic E-state index is 4.84. The third-order valence-corrected chi connectivity index (χ3v) is 5.74. The van der Waals surface area contributed by atoms with Gasteiger partial charge in [0.1, 0.15) is 5.82 Å². The Balaban J connectivity index is 2.18. The fraction of sp³-hybridized carbons (Fsp3) is 0.417. The summed E-state index contributed by atoms with van der Waals surface area (Å²) >= 11 is 0. The van der Waals surface area contributed by atoms with Crippen molar-refractivity contribution >= 4 is 0 Å². The van der Waals surface area contributed by atoms with Gasteiger partial charge in [-0.3, -0.25) is 0 Å². The van der Waals surface area contributed by atoms with Crippen LogP contribution in [0.4, 0.5) is 0 Å². The second kappa shape index (κ2) is 8.08. The summed E-state index contributed by atoms with van der Waals surface area (Å²) in [5.41, 5.74) is 5.01. The Bertz CT molecular complexity index is 909. The molecule has 1 heterocycles. The standard InChI is InChI=1S/C24H31N3/c1-6-8-17-24(5,7-2)21-15-11-10-14-20(21)23-25-19(4)26-27(23)22-16-12-9-13-18(22)3/h9-16H,6-8,17H2,1-5H3. The first-order chi connectivity index (χ1) is 13.0. The highest BCUT2D eigenvalue weighted by Gasteiger charge is 2.28. The van der Waals surface area contributed by atoms with Crippen LogP contribution in [-0.4, -0.2) is 14.8 Å². The molecule has 27 heavy (non-hydrogen) atoms. The lowest BCUT2D eigenvalue weighted by atomic mass is 9.74. The number of unbranched alkanes of at least 4 members (excludes halogenated alkanes) is 1. The Morgan fingerprint density at radius 3 is 2.37 bits per heavy atom. The van der Waals surface area contributed by atoms with Crippen molar-refractivity contribution < 1.29 is 0 Å². The van der Waals surface area contributed by atoms with E-state index in [1.165, 1.54) is 36.0 Å². The first-order valence-corrected chi connectivity index (χ1v) is 10.1. The first-order valence-electron chi connectivity index (χ1n) is 10.1. The molecule has 1 unspecified atom stereocenters. The van der Waals surface area contributed by atoms with Gasteiger partial charge < -0.3 is 0 Å². The fourth-order valence-electron chi connectivity index (χ4n) is 3.83. The Hall–Kier alpha value is -2.42. The van der Waals surface area contributed by atoms with E-state index >= 15 is 0 Å². The van der Waals surface area contributed by atoms with Crippen molar-refractivity contribution in [2.75, 3.05) is 0 Å². The van der Waals surface area contributed by atoms with Crippen LogP contribution >= 0.6 is 0 Å². The van der Waals surface area contributed by atoms with Crippen LogP contribution in [0.5, 0.6) is 0 Å². The number of aryl methyl sites for hydroxylation is 2. The van der Waals surface area contributed by atoms with Gasteiger partial charge in [0.05, 0.1) is 5.69 Å². The van der Waals surface area contributed by atoms with Crippen LogP contribution in [0.2, 0.25) is 0 Å². The second-order valence-corrected chi connectivity index (χ2v) is 7.74. The third kappa shape index (κ3) is 3.83. The zero-order chi connectivity index (χ0) is 19.4. The van der Waals surface area contributed by atoms with Gasteiger partial charge in [-0.2, -0.15) is 5.10 Å². The van der Waals surface area contributed by atoms with Gasteiger partial charge in [0.25, 0.3) is 0 Å². The molecule has 0 aliphatic rings. The number of para-hydroxylation sites is 1. The highest BCUT2D eigenvalue weighted by Crippen LogP contribution is 2.39. The van der Waals surface area contributed by atoms with Gasteiger partial charge in [-0.05, 0) is 49.3 Å². The Labute approximate surface area is 163 Å². The minimum absolute atomic E-state index is 0.142. The molecule has 2 aromatic carbocycles. The van der Waals surface area contributed by atoms with Gasteiger partial charge in [0, 0.05) is 5.56 Å². The monoisotopic (exact) mass is 361 g/mol. The molecule has 0 N–H and O–H groups in total. The molecule has 3 nitrogen and oxygen atoms in total. The number of hydrogen-bond acceptors (Lipinski definition) is 2. The molecule has 0 amide bonds. The molecule has 0 aliphatic heterocycles. The predicted octanol–water partition coefficient (Wildman–Crippen LogP) is 6.41. The van der Waals surface area contributed by atoms with E-state index in [0.29, 0.717) is 0 Å². The summed E-state index contributed by atoms with van der Waals surface area (Å²) in [6, 6.07) is 17.1. The first kappa shape index (κ1) is 19.3. The van der Waals surface area contributed by atoms with Gasteiger partial charge in [-0.25, -0.2) is 9.67 Å². The third-order valence-electron chi connectivity index (χ3n) is 5.74. The molecule has 3 rings (SSSR count). The maximum Gasteiger partial charge on any atom is 0.163 e. The van der Waals surface area contributed by atoms with E-state index in [9.17, 15) is 0 Å². The maximum atomic E-state index is 4.84. The molecular formula is C24H31N3. The van der Waals surface area contributed by atoms with E-state index in [0.717, 1.165) is 23.8 Å². The molecule has 3 heteroatoms. The van der Waals surface area contributed by atoms with E-state index < -0.39 is 0 Å². The van der Waals surface area contributed by atoms with E-state index in [1.807, 2.05) is 11.6 Å². The summed E-state index contributed by atoms with van der Waals surface area (Å²) in [5.74, 6) is 1.74. The number of nitrogens with zero attached hydrogens (tertiary/aromatic N) is 3. The van der Waals surface area contributed by atoms with Crippen LogP contribution in [0.15, 0.2) is 48.5 Å². The highest BCUT2D eigenvalue weighted by molar-refractivity contribution is 5.65. The predicted molar refractivity (Wildman–Crippen MR) is 113 cm³/mol. The van der Waals surface area contributed by atoms with Crippen molar-refractivity contribution in [3.05, 3.63) is 65.5 Å². The minimum Gasteiger partial charge on any atom is -0.213 e. The van der Waals surface area contributed by atoms with Crippen LogP contribution in [-0.2, 0) is 5.41 Å². The zero-order valence-electron chi connectivity index (χ0n) is 17.3. The zero-order valence-corrected chi connectivity index (χ0v) is 17.3. The van der Waals surface area contributed by atoms with Crippen molar-refractivity contribution in [2.24, 2.45) is 0 Å². The van der Waals surface area contributed by atoms with E-state index in [-0.39, 0.29) is 5.41 Å². The normalized spacial score (nSPS) is 13.5. The van der Waals surface area contributed by atoms with Crippen molar-refractivity contribution in [1.82, 2.24) is 14.8 Å². The van der Waals surface area contributed by atoms with Gasteiger partial charge in [-0.1, -0.05) is 76.1 Å². The second-order valence-electron chi connectivity index (χ2n) is 7.74. The molecule has 3 aromatic rings. The van der Waals surface area contributed by atoms with Crippen LogP contribution in [0.25, 0.3) is 17.1 Å². The molecule has 0 aliphatic carbocycles. The van der Waals surface area contributed by atoms with E-state index in [1.54, 1.807) is 0 Å². The van der Waals surface area contributed by atoms with Crippen molar-refractivity contribution in [1.29, 1.82) is 0 Å². The lowest BCUT2D eigenvalue weighted by Gasteiger charge is -2.31. The molecule has 1 aromatic heterocycles. The number of hydrogen-bond donors (Lipinski definition) is 0. The van der Waals surface area contributed by atoms with Crippen LogP contribution in [0.3, 0.4) is 0 Å². The van der Waals surface area contributed by atoms with Crippen LogP contribution < -0.4 is 0 Å².